The zero-order valence-corrected chi connectivity index (χ0v) is 21.3. The van der Waals surface area contributed by atoms with Gasteiger partial charge in [0.05, 0.1) is 6.61 Å². The van der Waals surface area contributed by atoms with Gasteiger partial charge in [-0.1, -0.05) is 117 Å². The van der Waals surface area contributed by atoms with Crippen molar-refractivity contribution < 1.29 is 9.90 Å². The van der Waals surface area contributed by atoms with Gasteiger partial charge in [0.25, 0.3) is 0 Å². The van der Waals surface area contributed by atoms with E-state index in [1.54, 1.807) is 0 Å². The molecule has 4 heteroatoms. The van der Waals surface area contributed by atoms with Crippen LogP contribution >= 0.6 is 0 Å². The molecule has 0 spiro atoms. The Morgan fingerprint density at radius 1 is 0.613 bits per heavy atom. The zero-order chi connectivity index (χ0) is 22.8. The molecule has 2 N–H and O–H groups in total. The molecule has 0 aromatic rings. The van der Waals surface area contributed by atoms with Gasteiger partial charge in [0.2, 0.25) is 5.91 Å². The number of unbranched alkanes of at least 4 members (excludes halogenated alkanes) is 16. The zero-order valence-electron chi connectivity index (χ0n) is 21.3. The number of hydrogen-bond donors (Lipinski definition) is 2. The fraction of sp³-hybridized carbons (Fsp3) is 0.963. The number of carbonyl (C=O) groups is 1. The van der Waals surface area contributed by atoms with Crippen LogP contribution in [-0.2, 0) is 4.79 Å². The Kier molecular flexibility index (Phi) is 25.1. The molecule has 0 atom stereocenters. The summed E-state index contributed by atoms with van der Waals surface area (Å²) in [4.78, 5) is 14.3. The molecule has 0 rings (SSSR count). The molecule has 0 aliphatic rings. The van der Waals surface area contributed by atoms with Crippen molar-refractivity contribution in [2.75, 3.05) is 32.8 Å². The fourth-order valence-electron chi connectivity index (χ4n) is 4.13. The van der Waals surface area contributed by atoms with Crippen molar-refractivity contribution >= 4 is 5.91 Å². The molecule has 0 fully saturated rings. The Morgan fingerprint density at radius 2 is 1.06 bits per heavy atom. The average Bonchev–Trinajstić information content (AvgIpc) is 2.77. The standard InChI is InChI=1S/C27H56N2O2/c1-3-5-7-9-10-11-12-13-14-15-16-17-18-19-22-28-27(31)21-24-29(25-26-30)23-20-8-6-4-2/h30H,3-26H2,1-2H3,(H,28,31). The molecular formula is C27H56N2O2. The van der Waals surface area contributed by atoms with Gasteiger partial charge < -0.3 is 15.3 Å². The molecule has 4 nitrogen and oxygen atoms in total. The van der Waals surface area contributed by atoms with E-state index in [0.29, 0.717) is 13.0 Å². The Bertz CT molecular complexity index is 363. The predicted molar refractivity (Wildman–Crippen MR) is 136 cm³/mol. The number of carbonyl (C=O) groups excluding carboxylic acids is 1. The van der Waals surface area contributed by atoms with Gasteiger partial charge in [-0.25, -0.2) is 0 Å². The van der Waals surface area contributed by atoms with E-state index in [4.69, 9.17) is 0 Å². The molecule has 0 aliphatic carbocycles. The molecule has 31 heavy (non-hydrogen) atoms. The third kappa shape index (κ3) is 23.9. The molecule has 0 aromatic carbocycles. The monoisotopic (exact) mass is 440 g/mol. The number of aliphatic hydroxyl groups is 1. The van der Waals surface area contributed by atoms with Crippen molar-refractivity contribution in [1.29, 1.82) is 0 Å². The minimum absolute atomic E-state index is 0.159. The maximum absolute atomic E-state index is 12.1. The van der Waals surface area contributed by atoms with Crippen LogP contribution in [0.15, 0.2) is 0 Å². The van der Waals surface area contributed by atoms with Crippen molar-refractivity contribution in [3.63, 3.8) is 0 Å². The van der Waals surface area contributed by atoms with E-state index in [0.717, 1.165) is 32.5 Å². The normalized spacial score (nSPS) is 11.4. The van der Waals surface area contributed by atoms with Gasteiger partial charge in [-0.15, -0.1) is 0 Å². The number of rotatable bonds is 25. The molecule has 0 aliphatic heterocycles. The van der Waals surface area contributed by atoms with Gasteiger partial charge in [0.15, 0.2) is 0 Å². The van der Waals surface area contributed by atoms with Crippen LogP contribution in [0.5, 0.6) is 0 Å². The maximum atomic E-state index is 12.1. The summed E-state index contributed by atoms with van der Waals surface area (Å²) in [5.41, 5.74) is 0. The summed E-state index contributed by atoms with van der Waals surface area (Å²) in [5.74, 6) is 0.159. The van der Waals surface area contributed by atoms with Crippen LogP contribution in [0.4, 0.5) is 0 Å². The van der Waals surface area contributed by atoms with E-state index in [1.807, 2.05) is 0 Å². The summed E-state index contributed by atoms with van der Waals surface area (Å²) in [6, 6.07) is 0. The summed E-state index contributed by atoms with van der Waals surface area (Å²) in [6.45, 7) is 7.92. The Morgan fingerprint density at radius 3 is 1.55 bits per heavy atom. The number of nitrogens with one attached hydrogen (secondary N) is 1. The van der Waals surface area contributed by atoms with Crippen LogP contribution in [0.2, 0.25) is 0 Å². The van der Waals surface area contributed by atoms with E-state index < -0.39 is 0 Å². The van der Waals surface area contributed by atoms with Gasteiger partial charge in [-0.3, -0.25) is 4.79 Å². The van der Waals surface area contributed by atoms with Gasteiger partial charge in [-0.2, -0.15) is 0 Å². The quantitative estimate of drug-likeness (QED) is 0.153. The highest BCUT2D eigenvalue weighted by Crippen LogP contribution is 2.12. The number of aliphatic hydroxyl groups excluding tert-OH is 1. The van der Waals surface area contributed by atoms with Gasteiger partial charge >= 0.3 is 0 Å². The van der Waals surface area contributed by atoms with Crippen molar-refractivity contribution in [3.05, 3.63) is 0 Å². The van der Waals surface area contributed by atoms with Crippen LogP contribution in [-0.4, -0.2) is 48.7 Å². The lowest BCUT2D eigenvalue weighted by atomic mass is 10.0. The highest BCUT2D eigenvalue weighted by atomic mass is 16.3. The number of amides is 1. The highest BCUT2D eigenvalue weighted by Gasteiger charge is 2.07. The second-order valence-corrected chi connectivity index (χ2v) is 9.32. The van der Waals surface area contributed by atoms with E-state index in [-0.39, 0.29) is 12.5 Å². The second kappa shape index (κ2) is 25.6. The van der Waals surface area contributed by atoms with E-state index in [1.165, 1.54) is 103 Å². The molecule has 186 valence electrons. The van der Waals surface area contributed by atoms with Crippen molar-refractivity contribution in [1.82, 2.24) is 10.2 Å². The average molecular weight is 441 g/mol. The van der Waals surface area contributed by atoms with Gasteiger partial charge in [-0.05, 0) is 19.4 Å². The summed E-state index contributed by atoms with van der Waals surface area (Å²) in [5, 5.41) is 12.3. The van der Waals surface area contributed by atoms with E-state index in [2.05, 4.69) is 24.1 Å². The Balaban J connectivity index is 3.41. The first-order chi connectivity index (χ1) is 15.2. The molecule has 0 radical (unpaired) electrons. The lowest BCUT2D eigenvalue weighted by Crippen LogP contribution is -2.33. The number of nitrogens with zero attached hydrogens (tertiary/aromatic N) is 1. The molecule has 0 heterocycles. The van der Waals surface area contributed by atoms with Crippen LogP contribution < -0.4 is 5.32 Å². The third-order valence-corrected chi connectivity index (χ3v) is 6.25. The van der Waals surface area contributed by atoms with E-state index >= 15 is 0 Å². The minimum Gasteiger partial charge on any atom is -0.395 e. The molecule has 0 saturated carbocycles. The maximum Gasteiger partial charge on any atom is 0.221 e. The van der Waals surface area contributed by atoms with Crippen LogP contribution in [0.25, 0.3) is 0 Å². The second-order valence-electron chi connectivity index (χ2n) is 9.32. The molecule has 0 saturated heterocycles. The Hall–Kier alpha value is -0.610. The molecule has 1 amide bonds. The molecular weight excluding hydrogens is 384 g/mol. The SMILES string of the molecule is CCCCCCCCCCCCCCCCNC(=O)CCN(CCO)CCCCCC. The first-order valence-corrected chi connectivity index (χ1v) is 13.8. The van der Waals surface area contributed by atoms with Crippen molar-refractivity contribution in [2.45, 2.75) is 136 Å². The topological polar surface area (TPSA) is 52.6 Å². The lowest BCUT2D eigenvalue weighted by molar-refractivity contribution is -0.121. The Labute approximate surface area is 194 Å². The smallest absolute Gasteiger partial charge is 0.221 e. The predicted octanol–water partition coefficient (Wildman–Crippen LogP) is 6.85. The highest BCUT2D eigenvalue weighted by molar-refractivity contribution is 5.75. The van der Waals surface area contributed by atoms with Crippen molar-refractivity contribution in [3.8, 4) is 0 Å². The third-order valence-electron chi connectivity index (χ3n) is 6.25. The van der Waals surface area contributed by atoms with Crippen LogP contribution in [0, 0.1) is 0 Å². The van der Waals surface area contributed by atoms with Gasteiger partial charge in [0.1, 0.15) is 0 Å². The van der Waals surface area contributed by atoms with Crippen LogP contribution in [0.3, 0.4) is 0 Å². The molecule has 0 unspecified atom stereocenters. The summed E-state index contributed by atoms with van der Waals surface area (Å²) < 4.78 is 0. The van der Waals surface area contributed by atoms with Gasteiger partial charge in [0, 0.05) is 26.1 Å². The first kappa shape index (κ1) is 30.4. The minimum atomic E-state index is 0.159. The largest absolute Gasteiger partial charge is 0.395 e. The summed E-state index contributed by atoms with van der Waals surface area (Å²) in [7, 11) is 0. The summed E-state index contributed by atoms with van der Waals surface area (Å²) in [6.07, 6.45) is 24.5. The van der Waals surface area contributed by atoms with E-state index in [9.17, 15) is 9.90 Å². The fourth-order valence-corrected chi connectivity index (χ4v) is 4.13. The van der Waals surface area contributed by atoms with Crippen LogP contribution in [0.1, 0.15) is 136 Å². The number of hydrogen-bond acceptors (Lipinski definition) is 3. The molecule has 0 bridgehead atoms. The lowest BCUT2D eigenvalue weighted by Gasteiger charge is -2.20. The first-order valence-electron chi connectivity index (χ1n) is 13.8. The summed E-state index contributed by atoms with van der Waals surface area (Å²) >= 11 is 0. The molecule has 0 aromatic heterocycles. The van der Waals surface area contributed by atoms with Crippen molar-refractivity contribution in [2.24, 2.45) is 0 Å².